The summed E-state index contributed by atoms with van der Waals surface area (Å²) in [6.07, 6.45) is 1.08. The predicted octanol–water partition coefficient (Wildman–Crippen LogP) is 2.42. The first-order valence-electron chi connectivity index (χ1n) is 6.32. The van der Waals surface area contributed by atoms with E-state index in [1.165, 1.54) is 14.2 Å². The number of para-hydroxylation sites is 1. The van der Waals surface area contributed by atoms with Gasteiger partial charge in [-0.3, -0.25) is 9.63 Å². The van der Waals surface area contributed by atoms with Gasteiger partial charge in [-0.15, -0.1) is 5.10 Å². The first-order valence-corrected chi connectivity index (χ1v) is 7.11. The fourth-order valence-electron chi connectivity index (χ4n) is 1.69. The lowest BCUT2D eigenvalue weighted by Gasteiger charge is -2.18. The molecule has 112 valence electrons. The van der Waals surface area contributed by atoms with Gasteiger partial charge in [0.2, 0.25) is 5.88 Å². The molecule has 2 rings (SSSR count). The lowest BCUT2D eigenvalue weighted by molar-refractivity contribution is -0.175. The van der Waals surface area contributed by atoms with Crippen molar-refractivity contribution in [2.75, 3.05) is 14.2 Å². The summed E-state index contributed by atoms with van der Waals surface area (Å²) in [7, 11) is 2.95. The van der Waals surface area contributed by atoms with Crippen molar-refractivity contribution in [1.82, 2.24) is 14.8 Å². The van der Waals surface area contributed by atoms with Crippen LogP contribution in [-0.4, -0.2) is 41.0 Å². The highest BCUT2D eigenvalue weighted by Gasteiger charge is 2.21. The van der Waals surface area contributed by atoms with Gasteiger partial charge in [0.15, 0.2) is 6.10 Å². The van der Waals surface area contributed by atoms with Crippen molar-refractivity contribution in [2.24, 2.45) is 0 Å². The lowest BCUT2D eigenvalue weighted by atomic mass is 10.3. The van der Waals surface area contributed by atoms with Crippen LogP contribution in [0.15, 0.2) is 41.0 Å². The number of halogens is 1. The van der Waals surface area contributed by atoms with Crippen LogP contribution in [0.3, 0.4) is 0 Å². The number of carbonyl (C=O) groups excluding carboxylic acids is 1. The molecule has 1 aromatic carbocycles. The van der Waals surface area contributed by atoms with Crippen LogP contribution in [0.5, 0.6) is 5.88 Å². The van der Waals surface area contributed by atoms with Crippen molar-refractivity contribution < 1.29 is 14.4 Å². The number of nitrogens with zero attached hydrogens (tertiary/aromatic N) is 3. The van der Waals surface area contributed by atoms with Gasteiger partial charge in [-0.1, -0.05) is 18.2 Å². The van der Waals surface area contributed by atoms with Gasteiger partial charge in [0.1, 0.15) is 0 Å². The molecular weight excluding hydrogens is 338 g/mol. The largest absolute Gasteiger partial charge is 0.463 e. The van der Waals surface area contributed by atoms with E-state index in [1.807, 2.05) is 30.3 Å². The van der Waals surface area contributed by atoms with Crippen LogP contribution in [0, 0.1) is 0 Å². The summed E-state index contributed by atoms with van der Waals surface area (Å²) in [6, 6.07) is 9.63. The minimum Gasteiger partial charge on any atom is -0.463 e. The smallest absolute Gasteiger partial charge is 0.286 e. The Morgan fingerprint density at radius 3 is 2.67 bits per heavy atom. The fraction of sp³-hybridized carbons (Fsp3) is 0.286. The number of amides is 1. The van der Waals surface area contributed by atoms with Crippen LogP contribution in [0.1, 0.15) is 6.92 Å². The van der Waals surface area contributed by atoms with E-state index in [4.69, 9.17) is 9.57 Å². The summed E-state index contributed by atoms with van der Waals surface area (Å²) < 4.78 is 7.93. The molecule has 0 spiro atoms. The molecule has 2 aromatic rings. The lowest BCUT2D eigenvalue weighted by Crippen LogP contribution is -2.37. The molecule has 0 unspecified atom stereocenters. The SMILES string of the molecule is CON(C)C(=O)[C@@H](C)Oc1nn(-c2ccccc2)cc1Br. The zero-order chi connectivity index (χ0) is 15.4. The zero-order valence-electron chi connectivity index (χ0n) is 12.0. The Bertz CT molecular complexity index is 615. The number of rotatable bonds is 5. The van der Waals surface area contributed by atoms with Crippen molar-refractivity contribution >= 4 is 21.8 Å². The van der Waals surface area contributed by atoms with E-state index < -0.39 is 6.10 Å². The van der Waals surface area contributed by atoms with Gasteiger partial charge in [0, 0.05) is 13.2 Å². The Morgan fingerprint density at radius 1 is 1.38 bits per heavy atom. The second-order valence-corrected chi connectivity index (χ2v) is 5.20. The number of ether oxygens (including phenoxy) is 1. The van der Waals surface area contributed by atoms with Crippen LogP contribution in [-0.2, 0) is 9.63 Å². The van der Waals surface area contributed by atoms with E-state index in [0.717, 1.165) is 10.8 Å². The standard InChI is InChI=1S/C14H16BrN3O3/c1-10(14(19)17(2)20-3)21-13-12(15)9-18(16-13)11-7-5-4-6-8-11/h4-10H,1-3H3/t10-/m1/s1. The molecule has 0 fully saturated rings. The van der Waals surface area contributed by atoms with Crippen molar-refractivity contribution in [3.63, 3.8) is 0 Å². The van der Waals surface area contributed by atoms with E-state index in [-0.39, 0.29) is 5.91 Å². The molecule has 0 aliphatic carbocycles. The van der Waals surface area contributed by atoms with Gasteiger partial charge in [0.05, 0.1) is 17.3 Å². The summed E-state index contributed by atoms with van der Waals surface area (Å²) >= 11 is 3.38. The third-order valence-corrected chi connectivity index (χ3v) is 3.42. The van der Waals surface area contributed by atoms with Crippen LogP contribution < -0.4 is 4.74 Å². The van der Waals surface area contributed by atoms with Crippen molar-refractivity contribution in [2.45, 2.75) is 13.0 Å². The van der Waals surface area contributed by atoms with E-state index in [0.29, 0.717) is 10.4 Å². The molecular formula is C14H16BrN3O3. The number of benzene rings is 1. The van der Waals surface area contributed by atoms with Crippen molar-refractivity contribution in [3.05, 3.63) is 41.0 Å². The molecule has 0 radical (unpaired) electrons. The monoisotopic (exact) mass is 353 g/mol. The number of aromatic nitrogens is 2. The summed E-state index contributed by atoms with van der Waals surface area (Å²) in [6.45, 7) is 1.64. The third-order valence-electron chi connectivity index (χ3n) is 2.88. The highest BCUT2D eigenvalue weighted by Crippen LogP contribution is 2.25. The third kappa shape index (κ3) is 3.62. The van der Waals surface area contributed by atoms with Crippen LogP contribution in [0.25, 0.3) is 5.69 Å². The normalized spacial score (nSPS) is 12.0. The number of hydrogen-bond acceptors (Lipinski definition) is 4. The second-order valence-electron chi connectivity index (χ2n) is 4.34. The molecule has 0 N–H and O–H groups in total. The van der Waals surface area contributed by atoms with Crippen molar-refractivity contribution in [1.29, 1.82) is 0 Å². The molecule has 0 aliphatic rings. The Kier molecular flexibility index (Phi) is 4.98. The van der Waals surface area contributed by atoms with E-state index >= 15 is 0 Å². The molecule has 0 saturated carbocycles. The van der Waals surface area contributed by atoms with Crippen LogP contribution in [0.4, 0.5) is 0 Å². The van der Waals surface area contributed by atoms with Crippen LogP contribution >= 0.6 is 15.9 Å². The Hall–Kier alpha value is -1.86. The van der Waals surface area contributed by atoms with Gasteiger partial charge < -0.3 is 4.74 Å². The number of hydrogen-bond donors (Lipinski definition) is 0. The Balaban J connectivity index is 2.15. The maximum atomic E-state index is 11.9. The first-order chi connectivity index (χ1) is 10.0. The highest BCUT2D eigenvalue weighted by atomic mass is 79.9. The Labute approximate surface area is 131 Å². The Morgan fingerprint density at radius 2 is 2.05 bits per heavy atom. The van der Waals surface area contributed by atoms with Crippen LogP contribution in [0.2, 0.25) is 0 Å². The summed E-state index contributed by atoms with van der Waals surface area (Å²) in [5.74, 6) is 0.0582. The molecule has 1 aromatic heterocycles. The van der Waals surface area contributed by atoms with Gasteiger partial charge in [-0.25, -0.2) is 9.75 Å². The minimum atomic E-state index is -0.703. The van der Waals surface area contributed by atoms with Gasteiger partial charge in [0.25, 0.3) is 5.91 Å². The number of carbonyl (C=O) groups is 1. The van der Waals surface area contributed by atoms with Gasteiger partial charge in [-0.2, -0.15) is 0 Å². The van der Waals surface area contributed by atoms with Gasteiger partial charge >= 0.3 is 0 Å². The van der Waals surface area contributed by atoms with E-state index in [9.17, 15) is 4.79 Å². The maximum Gasteiger partial charge on any atom is 0.286 e. The molecule has 0 bridgehead atoms. The van der Waals surface area contributed by atoms with Gasteiger partial charge in [-0.05, 0) is 35.0 Å². The van der Waals surface area contributed by atoms with Crippen molar-refractivity contribution in [3.8, 4) is 11.6 Å². The maximum absolute atomic E-state index is 11.9. The predicted molar refractivity (Wildman–Crippen MR) is 81.1 cm³/mol. The average molecular weight is 354 g/mol. The zero-order valence-corrected chi connectivity index (χ0v) is 13.6. The molecule has 6 nitrogen and oxygen atoms in total. The summed E-state index contributed by atoms with van der Waals surface area (Å²) in [5.41, 5.74) is 0.904. The molecule has 0 aliphatic heterocycles. The highest BCUT2D eigenvalue weighted by molar-refractivity contribution is 9.10. The average Bonchev–Trinajstić information content (AvgIpc) is 2.87. The summed E-state index contributed by atoms with van der Waals surface area (Å²) in [4.78, 5) is 16.7. The molecule has 1 amide bonds. The van der Waals surface area contributed by atoms with E-state index in [2.05, 4.69) is 21.0 Å². The second kappa shape index (κ2) is 6.73. The van der Waals surface area contributed by atoms with E-state index in [1.54, 1.807) is 17.8 Å². The summed E-state index contributed by atoms with van der Waals surface area (Å²) in [5, 5.41) is 5.44. The molecule has 1 heterocycles. The first kappa shape index (κ1) is 15.5. The quantitative estimate of drug-likeness (QED) is 0.774. The number of hydroxylamine groups is 2. The fourth-order valence-corrected chi connectivity index (χ4v) is 2.06. The molecule has 7 heteroatoms. The molecule has 1 atom stereocenters. The topological polar surface area (TPSA) is 56.6 Å². The molecule has 0 saturated heterocycles. The number of likely N-dealkylation sites (N-methyl/N-ethyl adjacent to an activating group) is 1. The minimum absolute atomic E-state index is 0.293. The molecule has 21 heavy (non-hydrogen) atoms.